The summed E-state index contributed by atoms with van der Waals surface area (Å²) in [4.78, 5) is 16.6. The molecule has 25 heavy (non-hydrogen) atoms. The van der Waals surface area contributed by atoms with E-state index in [1.165, 1.54) is 0 Å². The lowest BCUT2D eigenvalue weighted by atomic mass is 10.1. The van der Waals surface area contributed by atoms with Gasteiger partial charge in [-0.25, -0.2) is 4.98 Å². The van der Waals surface area contributed by atoms with Gasteiger partial charge in [-0.15, -0.1) is 0 Å². The number of aryl methyl sites for hydroxylation is 1. The number of ether oxygens (including phenoxy) is 2. The van der Waals surface area contributed by atoms with Crippen molar-refractivity contribution < 1.29 is 14.3 Å². The summed E-state index contributed by atoms with van der Waals surface area (Å²) >= 11 is 0. The summed E-state index contributed by atoms with van der Waals surface area (Å²) in [6.07, 6.45) is 4.75. The highest BCUT2D eigenvalue weighted by Crippen LogP contribution is 2.32. The third-order valence-electron chi connectivity index (χ3n) is 4.32. The lowest BCUT2D eigenvalue weighted by Gasteiger charge is -2.07. The molecule has 3 heterocycles. The Morgan fingerprint density at radius 3 is 3.08 bits per heavy atom. The molecule has 0 radical (unpaired) electrons. The van der Waals surface area contributed by atoms with Crippen LogP contribution in [0.3, 0.4) is 0 Å². The van der Waals surface area contributed by atoms with Gasteiger partial charge in [0, 0.05) is 18.9 Å². The number of fused-ring (bicyclic) bond motifs is 2. The number of amides is 1. The molecule has 0 saturated carbocycles. The summed E-state index contributed by atoms with van der Waals surface area (Å²) < 4.78 is 12.6. The Kier molecular flexibility index (Phi) is 4.01. The molecule has 0 unspecified atom stereocenters. The lowest BCUT2D eigenvalue weighted by molar-refractivity contribution is -0.120. The number of aromatic nitrogens is 2. The van der Waals surface area contributed by atoms with Gasteiger partial charge in [-0.3, -0.25) is 4.79 Å². The van der Waals surface area contributed by atoms with Gasteiger partial charge in [-0.2, -0.15) is 0 Å². The Balaban J connectivity index is 1.34. The van der Waals surface area contributed by atoms with E-state index in [2.05, 4.69) is 10.3 Å². The van der Waals surface area contributed by atoms with Gasteiger partial charge in [0.1, 0.15) is 5.65 Å². The highest BCUT2D eigenvalue weighted by atomic mass is 16.7. The van der Waals surface area contributed by atoms with E-state index in [1.54, 1.807) is 6.20 Å². The number of nitrogens with one attached hydrogen (secondary N) is 1. The van der Waals surface area contributed by atoms with Crippen LogP contribution in [0.25, 0.3) is 5.65 Å². The molecule has 0 spiro atoms. The van der Waals surface area contributed by atoms with Crippen LogP contribution in [-0.2, 0) is 17.6 Å². The summed E-state index contributed by atoms with van der Waals surface area (Å²) in [5, 5.41) is 2.96. The maximum absolute atomic E-state index is 12.2. The third kappa shape index (κ3) is 3.15. The predicted octanol–water partition coefficient (Wildman–Crippen LogP) is 2.27. The van der Waals surface area contributed by atoms with Gasteiger partial charge < -0.3 is 19.2 Å². The fraction of sp³-hybridized carbons (Fsp3) is 0.263. The van der Waals surface area contributed by atoms with Gasteiger partial charge >= 0.3 is 0 Å². The van der Waals surface area contributed by atoms with Crippen LogP contribution in [0.5, 0.6) is 11.5 Å². The second-order valence-electron chi connectivity index (χ2n) is 6.10. The number of nitrogens with zero attached hydrogens (tertiary/aromatic N) is 2. The van der Waals surface area contributed by atoms with Crippen LogP contribution >= 0.6 is 0 Å². The van der Waals surface area contributed by atoms with Crippen LogP contribution in [-0.4, -0.2) is 28.6 Å². The highest BCUT2D eigenvalue weighted by Gasteiger charge is 2.13. The number of carbonyl (C=O) groups excluding carboxylic acids is 1. The molecular formula is C19H19N3O3. The first-order chi connectivity index (χ1) is 12.2. The number of hydrogen-bond acceptors (Lipinski definition) is 4. The molecule has 1 amide bonds. The Bertz CT molecular complexity index is 933. The van der Waals surface area contributed by atoms with E-state index in [-0.39, 0.29) is 12.7 Å². The number of carbonyl (C=O) groups is 1. The van der Waals surface area contributed by atoms with E-state index in [1.807, 2.05) is 47.9 Å². The SMILES string of the molecule is Cc1cccn2c(CC(=O)NCCc3ccc4c(c3)OCO4)cnc12. The van der Waals surface area contributed by atoms with Crippen molar-refractivity contribution >= 4 is 11.6 Å². The fourth-order valence-corrected chi connectivity index (χ4v) is 3.00. The van der Waals surface area contributed by atoms with Gasteiger partial charge in [0.05, 0.1) is 12.1 Å². The fourth-order valence-electron chi connectivity index (χ4n) is 3.00. The molecule has 0 aliphatic carbocycles. The van der Waals surface area contributed by atoms with E-state index in [0.717, 1.165) is 40.4 Å². The molecule has 0 saturated heterocycles. The summed E-state index contributed by atoms with van der Waals surface area (Å²) in [5.41, 5.74) is 3.98. The van der Waals surface area contributed by atoms with E-state index in [4.69, 9.17) is 9.47 Å². The number of rotatable bonds is 5. The van der Waals surface area contributed by atoms with Crippen molar-refractivity contribution in [2.75, 3.05) is 13.3 Å². The zero-order valence-corrected chi connectivity index (χ0v) is 14.0. The molecule has 6 nitrogen and oxygen atoms in total. The maximum Gasteiger partial charge on any atom is 0.231 e. The lowest BCUT2D eigenvalue weighted by Crippen LogP contribution is -2.27. The molecular weight excluding hydrogens is 318 g/mol. The van der Waals surface area contributed by atoms with Gasteiger partial charge in [-0.05, 0) is 42.7 Å². The summed E-state index contributed by atoms with van der Waals surface area (Å²) in [6.45, 7) is 2.86. The van der Waals surface area contributed by atoms with Crippen LogP contribution in [0.1, 0.15) is 16.8 Å². The molecule has 0 atom stereocenters. The average Bonchev–Trinajstić information content (AvgIpc) is 3.22. The van der Waals surface area contributed by atoms with Crippen molar-refractivity contribution in [2.24, 2.45) is 0 Å². The Morgan fingerprint density at radius 1 is 1.28 bits per heavy atom. The molecule has 6 heteroatoms. The van der Waals surface area contributed by atoms with Crippen molar-refractivity contribution in [3.63, 3.8) is 0 Å². The molecule has 1 N–H and O–H groups in total. The van der Waals surface area contributed by atoms with Crippen molar-refractivity contribution in [3.8, 4) is 11.5 Å². The topological polar surface area (TPSA) is 64.9 Å². The minimum absolute atomic E-state index is 0.0101. The third-order valence-corrected chi connectivity index (χ3v) is 4.32. The van der Waals surface area contributed by atoms with Crippen molar-refractivity contribution in [1.82, 2.24) is 14.7 Å². The monoisotopic (exact) mass is 337 g/mol. The Hall–Kier alpha value is -3.02. The van der Waals surface area contributed by atoms with E-state index >= 15 is 0 Å². The second-order valence-corrected chi connectivity index (χ2v) is 6.10. The molecule has 3 aromatic rings. The van der Waals surface area contributed by atoms with E-state index in [9.17, 15) is 4.79 Å². The smallest absolute Gasteiger partial charge is 0.231 e. The summed E-state index contributed by atoms with van der Waals surface area (Å²) in [5.74, 6) is 1.53. The van der Waals surface area contributed by atoms with Crippen LogP contribution in [0.2, 0.25) is 0 Å². The Morgan fingerprint density at radius 2 is 2.16 bits per heavy atom. The van der Waals surface area contributed by atoms with Crippen LogP contribution in [0, 0.1) is 6.92 Å². The summed E-state index contributed by atoms with van der Waals surface area (Å²) in [6, 6.07) is 9.83. The normalized spacial score (nSPS) is 12.5. The zero-order valence-electron chi connectivity index (χ0n) is 14.0. The molecule has 1 aliphatic heterocycles. The molecule has 1 aromatic carbocycles. The standard InChI is InChI=1S/C19H19N3O3/c1-13-3-2-8-22-15(11-21-19(13)22)10-18(23)20-7-6-14-4-5-16-17(9-14)25-12-24-16/h2-5,8-9,11H,6-7,10,12H2,1H3,(H,20,23). The van der Waals surface area contributed by atoms with Gasteiger partial charge in [0.15, 0.2) is 11.5 Å². The number of pyridine rings is 1. The first kappa shape index (κ1) is 15.5. The quantitative estimate of drug-likeness (QED) is 0.776. The van der Waals surface area contributed by atoms with Crippen molar-refractivity contribution in [3.05, 3.63) is 59.5 Å². The minimum atomic E-state index is -0.0101. The molecule has 128 valence electrons. The number of benzene rings is 1. The average molecular weight is 337 g/mol. The van der Waals surface area contributed by atoms with Crippen LogP contribution < -0.4 is 14.8 Å². The Labute approximate surface area is 145 Å². The van der Waals surface area contributed by atoms with Gasteiger partial charge in [0.25, 0.3) is 0 Å². The van der Waals surface area contributed by atoms with Gasteiger partial charge in [-0.1, -0.05) is 12.1 Å². The highest BCUT2D eigenvalue weighted by molar-refractivity contribution is 5.78. The molecule has 0 fully saturated rings. The largest absolute Gasteiger partial charge is 0.454 e. The first-order valence-corrected chi connectivity index (χ1v) is 8.27. The second kappa shape index (κ2) is 6.47. The van der Waals surface area contributed by atoms with E-state index in [0.29, 0.717) is 13.0 Å². The number of imidazole rings is 1. The zero-order chi connectivity index (χ0) is 17.2. The first-order valence-electron chi connectivity index (χ1n) is 8.27. The van der Waals surface area contributed by atoms with E-state index < -0.39 is 0 Å². The summed E-state index contributed by atoms with van der Waals surface area (Å²) in [7, 11) is 0. The van der Waals surface area contributed by atoms with Gasteiger partial charge in [0.2, 0.25) is 12.7 Å². The van der Waals surface area contributed by atoms with Crippen LogP contribution in [0.4, 0.5) is 0 Å². The molecule has 0 bridgehead atoms. The van der Waals surface area contributed by atoms with Crippen molar-refractivity contribution in [1.29, 1.82) is 0 Å². The van der Waals surface area contributed by atoms with Crippen LogP contribution in [0.15, 0.2) is 42.7 Å². The number of hydrogen-bond donors (Lipinski definition) is 1. The predicted molar refractivity (Wildman–Crippen MR) is 92.9 cm³/mol. The van der Waals surface area contributed by atoms with Crippen molar-refractivity contribution in [2.45, 2.75) is 19.8 Å². The molecule has 1 aliphatic rings. The minimum Gasteiger partial charge on any atom is -0.454 e. The maximum atomic E-state index is 12.2. The molecule has 2 aromatic heterocycles. The molecule has 4 rings (SSSR count).